The molecule has 8 heteroatoms. The van der Waals surface area contributed by atoms with Crippen molar-refractivity contribution in [1.29, 1.82) is 0 Å². The van der Waals surface area contributed by atoms with Gasteiger partial charge in [0, 0.05) is 11.0 Å². The van der Waals surface area contributed by atoms with Crippen LogP contribution in [0.4, 0.5) is 0 Å². The van der Waals surface area contributed by atoms with Gasteiger partial charge in [0.1, 0.15) is 0 Å². The Kier molecular flexibility index (Phi) is 26.9. The second kappa shape index (κ2) is 26.4. The van der Waals surface area contributed by atoms with Crippen LogP contribution < -0.4 is 0 Å². The summed E-state index contributed by atoms with van der Waals surface area (Å²) in [6, 6.07) is 0. The second-order valence-corrected chi connectivity index (χ2v) is 6.76. The zero-order valence-corrected chi connectivity index (χ0v) is 19.1. The van der Waals surface area contributed by atoms with Crippen molar-refractivity contribution in [2.75, 3.05) is 96.9 Å². The van der Waals surface area contributed by atoms with Crippen LogP contribution >= 0.6 is 22.6 Å². The average Bonchev–Trinajstić information content (AvgIpc) is 2.68. The summed E-state index contributed by atoms with van der Waals surface area (Å²) < 4.78 is 38.8. The van der Waals surface area contributed by atoms with Crippen molar-refractivity contribution in [2.24, 2.45) is 0 Å². The highest BCUT2D eigenvalue weighted by Crippen LogP contribution is 1.93. The zero-order valence-electron chi connectivity index (χ0n) is 17.0. The first-order valence-electron chi connectivity index (χ1n) is 10.0. The van der Waals surface area contributed by atoms with Gasteiger partial charge in [-0.1, -0.05) is 42.4 Å². The monoisotopic (exact) mass is 506 g/mol. The first-order valence-corrected chi connectivity index (χ1v) is 11.5. The molecular weight excluding hydrogens is 467 g/mol. The van der Waals surface area contributed by atoms with Gasteiger partial charge in [0.25, 0.3) is 0 Å². The van der Waals surface area contributed by atoms with Crippen molar-refractivity contribution in [3.05, 3.63) is 0 Å². The molecule has 0 fully saturated rings. The molecule has 0 aliphatic carbocycles. The summed E-state index contributed by atoms with van der Waals surface area (Å²) in [4.78, 5) is 0. The Morgan fingerprint density at radius 1 is 0.407 bits per heavy atom. The standard InChI is InChI=1S/C19H39IO7/c1-2-3-4-6-21-8-10-23-12-14-25-16-18-27-19-17-26-15-13-24-11-9-22-7-5-20/h2-19H2,1H3. The molecule has 0 rings (SSSR count). The summed E-state index contributed by atoms with van der Waals surface area (Å²) >= 11 is 2.28. The molecule has 0 aliphatic heterocycles. The van der Waals surface area contributed by atoms with E-state index in [1.807, 2.05) is 0 Å². The molecule has 0 atom stereocenters. The maximum Gasteiger partial charge on any atom is 0.0701 e. The van der Waals surface area contributed by atoms with Crippen molar-refractivity contribution in [1.82, 2.24) is 0 Å². The Morgan fingerprint density at radius 3 is 1.00 bits per heavy atom. The van der Waals surface area contributed by atoms with Gasteiger partial charge in [-0.05, 0) is 6.42 Å². The first kappa shape index (κ1) is 27.5. The van der Waals surface area contributed by atoms with Gasteiger partial charge in [0.2, 0.25) is 0 Å². The molecule has 27 heavy (non-hydrogen) atoms. The molecule has 0 bridgehead atoms. The summed E-state index contributed by atoms with van der Waals surface area (Å²) in [7, 11) is 0. The van der Waals surface area contributed by atoms with E-state index in [1.54, 1.807) is 0 Å². The fourth-order valence-corrected chi connectivity index (χ4v) is 2.24. The molecule has 0 unspecified atom stereocenters. The number of ether oxygens (including phenoxy) is 7. The summed E-state index contributed by atoms with van der Waals surface area (Å²) in [5, 5.41) is 0. The molecule has 0 aromatic carbocycles. The molecule has 0 radical (unpaired) electrons. The van der Waals surface area contributed by atoms with E-state index in [1.165, 1.54) is 12.8 Å². The lowest BCUT2D eigenvalue weighted by Gasteiger charge is -2.08. The molecule has 0 spiro atoms. The topological polar surface area (TPSA) is 64.6 Å². The van der Waals surface area contributed by atoms with Crippen LogP contribution in [-0.2, 0) is 33.2 Å². The van der Waals surface area contributed by atoms with E-state index in [-0.39, 0.29) is 0 Å². The van der Waals surface area contributed by atoms with E-state index < -0.39 is 0 Å². The summed E-state index contributed by atoms with van der Waals surface area (Å²) in [5.74, 6) is 0. The van der Waals surface area contributed by atoms with Gasteiger partial charge in [-0.2, -0.15) is 0 Å². The fraction of sp³-hybridized carbons (Fsp3) is 1.00. The SMILES string of the molecule is CCCCCOCCOCCOCCOCCOCCOCCOCCI. The third kappa shape index (κ3) is 26.4. The van der Waals surface area contributed by atoms with Crippen LogP contribution in [0.15, 0.2) is 0 Å². The van der Waals surface area contributed by atoms with Gasteiger partial charge >= 0.3 is 0 Å². The van der Waals surface area contributed by atoms with Crippen LogP contribution in [0, 0.1) is 0 Å². The predicted octanol–water partition coefficient (Wildman–Crippen LogP) is 2.73. The van der Waals surface area contributed by atoms with Gasteiger partial charge < -0.3 is 33.2 Å². The molecule has 0 N–H and O–H groups in total. The van der Waals surface area contributed by atoms with Crippen molar-refractivity contribution in [3.63, 3.8) is 0 Å². The molecule has 0 heterocycles. The Balaban J connectivity index is 2.95. The largest absolute Gasteiger partial charge is 0.379 e. The number of halogens is 1. The molecule has 7 nitrogen and oxygen atoms in total. The molecule has 0 saturated carbocycles. The highest BCUT2D eigenvalue weighted by atomic mass is 127. The number of hydrogen-bond acceptors (Lipinski definition) is 7. The van der Waals surface area contributed by atoms with Crippen molar-refractivity contribution in [2.45, 2.75) is 26.2 Å². The Morgan fingerprint density at radius 2 is 0.704 bits per heavy atom. The molecule has 0 aromatic rings. The lowest BCUT2D eigenvalue weighted by atomic mass is 10.3. The Labute approximate surface area is 178 Å². The number of unbranched alkanes of at least 4 members (excludes halogenated alkanes) is 2. The van der Waals surface area contributed by atoms with E-state index in [9.17, 15) is 0 Å². The third-order valence-electron chi connectivity index (χ3n) is 3.35. The highest BCUT2D eigenvalue weighted by Gasteiger charge is 1.94. The summed E-state index contributed by atoms with van der Waals surface area (Å²) in [6.07, 6.45) is 3.58. The summed E-state index contributed by atoms with van der Waals surface area (Å²) in [5.41, 5.74) is 0. The van der Waals surface area contributed by atoms with Crippen LogP contribution in [0.5, 0.6) is 0 Å². The minimum Gasteiger partial charge on any atom is -0.379 e. The Hall–Kier alpha value is 0.450. The van der Waals surface area contributed by atoms with E-state index in [2.05, 4.69) is 29.5 Å². The van der Waals surface area contributed by atoms with E-state index in [0.29, 0.717) is 79.3 Å². The van der Waals surface area contributed by atoms with Crippen LogP contribution in [-0.4, -0.2) is 96.9 Å². The molecular formula is C19H39IO7. The zero-order chi connectivity index (χ0) is 19.7. The van der Waals surface area contributed by atoms with Crippen LogP contribution in [0.3, 0.4) is 0 Å². The van der Waals surface area contributed by atoms with E-state index in [4.69, 9.17) is 33.2 Å². The van der Waals surface area contributed by atoms with Crippen molar-refractivity contribution in [3.8, 4) is 0 Å². The van der Waals surface area contributed by atoms with E-state index >= 15 is 0 Å². The van der Waals surface area contributed by atoms with Crippen LogP contribution in [0.1, 0.15) is 26.2 Å². The van der Waals surface area contributed by atoms with Gasteiger partial charge in [-0.15, -0.1) is 0 Å². The third-order valence-corrected chi connectivity index (χ3v) is 3.79. The summed E-state index contributed by atoms with van der Waals surface area (Å²) in [6.45, 7) is 10.9. The minimum absolute atomic E-state index is 0.563. The predicted molar refractivity (Wildman–Crippen MR) is 114 cm³/mol. The van der Waals surface area contributed by atoms with E-state index in [0.717, 1.165) is 24.1 Å². The lowest BCUT2D eigenvalue weighted by Crippen LogP contribution is -2.14. The van der Waals surface area contributed by atoms with Crippen LogP contribution in [0.2, 0.25) is 0 Å². The lowest BCUT2D eigenvalue weighted by molar-refractivity contribution is -0.0201. The van der Waals surface area contributed by atoms with Gasteiger partial charge in [0.15, 0.2) is 0 Å². The molecule has 0 aromatic heterocycles. The van der Waals surface area contributed by atoms with Crippen molar-refractivity contribution >= 4 is 22.6 Å². The molecule has 0 amide bonds. The quantitative estimate of drug-likeness (QED) is 0.113. The first-order chi connectivity index (χ1) is 13.4. The average molecular weight is 506 g/mol. The fourth-order valence-electron chi connectivity index (χ4n) is 1.93. The molecule has 0 aliphatic rings. The number of hydrogen-bond donors (Lipinski definition) is 0. The molecule has 0 saturated heterocycles. The van der Waals surface area contributed by atoms with Crippen LogP contribution in [0.25, 0.3) is 0 Å². The van der Waals surface area contributed by atoms with Crippen molar-refractivity contribution < 1.29 is 33.2 Å². The highest BCUT2D eigenvalue weighted by molar-refractivity contribution is 14.1. The molecule has 164 valence electrons. The maximum atomic E-state index is 5.46. The Bertz CT molecular complexity index is 236. The van der Waals surface area contributed by atoms with Gasteiger partial charge in [-0.25, -0.2) is 0 Å². The second-order valence-electron chi connectivity index (χ2n) is 5.68. The van der Waals surface area contributed by atoms with Gasteiger partial charge in [-0.3, -0.25) is 0 Å². The van der Waals surface area contributed by atoms with Gasteiger partial charge in [0.05, 0.1) is 85.9 Å². The maximum absolute atomic E-state index is 5.46. The minimum atomic E-state index is 0.563. The number of alkyl halides is 1. The normalized spacial score (nSPS) is 11.3. The number of rotatable bonds is 24. The smallest absolute Gasteiger partial charge is 0.0701 e.